The van der Waals surface area contributed by atoms with Gasteiger partial charge in [-0.2, -0.15) is 0 Å². The lowest BCUT2D eigenvalue weighted by atomic mass is 10.1. The average molecular weight is 437 g/mol. The van der Waals surface area contributed by atoms with Crippen molar-refractivity contribution in [1.82, 2.24) is 10.6 Å². The number of thiophene rings is 1. The van der Waals surface area contributed by atoms with E-state index in [-0.39, 0.29) is 12.5 Å². The molecule has 0 aliphatic carbocycles. The van der Waals surface area contributed by atoms with Gasteiger partial charge in [0.25, 0.3) is 5.91 Å². The number of rotatable bonds is 8. The molecular formula is C23H24N4O3S. The first-order valence-electron chi connectivity index (χ1n) is 9.82. The minimum atomic E-state index is -0.531. The van der Waals surface area contributed by atoms with Crippen LogP contribution < -0.4 is 21.3 Å². The van der Waals surface area contributed by atoms with Crippen LogP contribution in [0.4, 0.5) is 16.2 Å². The molecule has 0 saturated carbocycles. The fourth-order valence-corrected chi connectivity index (χ4v) is 3.53. The summed E-state index contributed by atoms with van der Waals surface area (Å²) in [7, 11) is 0. The summed E-state index contributed by atoms with van der Waals surface area (Å²) in [6.07, 6.45) is 0.717. The molecule has 1 aromatic heterocycles. The van der Waals surface area contributed by atoms with Crippen LogP contribution in [0.15, 0.2) is 66.0 Å². The van der Waals surface area contributed by atoms with Gasteiger partial charge in [0.15, 0.2) is 0 Å². The van der Waals surface area contributed by atoms with E-state index in [1.54, 1.807) is 41.7 Å². The van der Waals surface area contributed by atoms with E-state index < -0.39 is 11.9 Å². The summed E-state index contributed by atoms with van der Waals surface area (Å²) in [5, 5.41) is 12.7. The molecule has 0 spiro atoms. The van der Waals surface area contributed by atoms with E-state index in [0.29, 0.717) is 29.9 Å². The first kappa shape index (κ1) is 22.0. The van der Waals surface area contributed by atoms with Crippen molar-refractivity contribution in [3.63, 3.8) is 0 Å². The van der Waals surface area contributed by atoms with Crippen molar-refractivity contribution in [2.45, 2.75) is 13.3 Å². The molecule has 0 saturated heterocycles. The molecular weight excluding hydrogens is 412 g/mol. The zero-order valence-corrected chi connectivity index (χ0v) is 17.9. The first-order chi connectivity index (χ1) is 15.0. The van der Waals surface area contributed by atoms with Crippen LogP contribution in [0.2, 0.25) is 0 Å². The maximum Gasteiger partial charge on any atom is 0.321 e. The number of hydrogen-bond donors (Lipinski definition) is 4. The lowest BCUT2D eigenvalue weighted by Crippen LogP contribution is -2.42. The molecule has 0 aliphatic heterocycles. The number of anilines is 2. The third-order valence-corrected chi connectivity index (χ3v) is 5.40. The largest absolute Gasteiger partial charge is 0.376 e. The van der Waals surface area contributed by atoms with Crippen molar-refractivity contribution >= 4 is 40.6 Å². The molecule has 4 N–H and O–H groups in total. The molecule has 7 nitrogen and oxygen atoms in total. The third kappa shape index (κ3) is 6.97. The quantitative estimate of drug-likeness (QED) is 0.432. The molecule has 0 atom stereocenters. The summed E-state index contributed by atoms with van der Waals surface area (Å²) < 4.78 is 0. The van der Waals surface area contributed by atoms with E-state index in [1.807, 2.05) is 42.6 Å². The Labute approximate surface area is 184 Å². The van der Waals surface area contributed by atoms with Gasteiger partial charge in [0.1, 0.15) is 0 Å². The highest BCUT2D eigenvalue weighted by Crippen LogP contribution is 2.18. The van der Waals surface area contributed by atoms with Crippen molar-refractivity contribution in [1.29, 1.82) is 0 Å². The summed E-state index contributed by atoms with van der Waals surface area (Å²) in [5.41, 5.74) is 2.69. The third-order valence-electron chi connectivity index (χ3n) is 4.46. The van der Waals surface area contributed by atoms with E-state index in [2.05, 4.69) is 21.3 Å². The van der Waals surface area contributed by atoms with Gasteiger partial charge in [-0.3, -0.25) is 14.9 Å². The lowest BCUT2D eigenvalue weighted by Gasteiger charge is -2.12. The number of urea groups is 1. The maximum absolute atomic E-state index is 12.5. The second kappa shape index (κ2) is 10.9. The number of benzene rings is 2. The summed E-state index contributed by atoms with van der Waals surface area (Å²) >= 11 is 1.62. The zero-order valence-electron chi connectivity index (χ0n) is 17.1. The Bertz CT molecular complexity index is 1040. The van der Waals surface area contributed by atoms with Crippen LogP contribution in [0.3, 0.4) is 0 Å². The highest BCUT2D eigenvalue weighted by molar-refractivity contribution is 7.09. The fourth-order valence-electron chi connectivity index (χ4n) is 2.82. The second-order valence-corrected chi connectivity index (χ2v) is 7.87. The van der Waals surface area contributed by atoms with Crippen molar-refractivity contribution in [2.75, 3.05) is 23.7 Å². The standard InChI is InChI=1S/C23H24N4O3S/c1-16-9-10-17(22(29)26-18-6-3-2-4-7-18)14-20(16)25-15-21(28)27-23(30)24-12-11-19-8-5-13-31-19/h2-10,13-14,25H,11-12,15H2,1H3,(H,26,29)(H2,24,27,28,30). The zero-order chi connectivity index (χ0) is 22.1. The molecule has 1 heterocycles. The normalized spacial score (nSPS) is 10.2. The number of imide groups is 1. The van der Waals surface area contributed by atoms with Gasteiger partial charge >= 0.3 is 6.03 Å². The molecule has 0 bridgehead atoms. The Balaban J connectivity index is 1.47. The molecule has 0 unspecified atom stereocenters. The number of aryl methyl sites for hydroxylation is 1. The van der Waals surface area contributed by atoms with Gasteiger partial charge in [-0.25, -0.2) is 4.79 Å². The van der Waals surface area contributed by atoms with Crippen molar-refractivity contribution < 1.29 is 14.4 Å². The molecule has 3 rings (SSSR count). The number of carbonyl (C=O) groups excluding carboxylic acids is 3. The molecule has 31 heavy (non-hydrogen) atoms. The smallest absolute Gasteiger partial charge is 0.321 e. The van der Waals surface area contributed by atoms with Gasteiger partial charge in [-0.15, -0.1) is 11.3 Å². The Morgan fingerprint density at radius 3 is 2.52 bits per heavy atom. The lowest BCUT2D eigenvalue weighted by molar-refractivity contribution is -0.118. The minimum Gasteiger partial charge on any atom is -0.376 e. The van der Waals surface area contributed by atoms with Crippen LogP contribution in [0.25, 0.3) is 0 Å². The van der Waals surface area contributed by atoms with Gasteiger partial charge in [0, 0.05) is 28.4 Å². The van der Waals surface area contributed by atoms with Crippen LogP contribution in [-0.4, -0.2) is 30.9 Å². The molecule has 3 aromatic rings. The molecule has 2 aromatic carbocycles. The average Bonchev–Trinajstić information content (AvgIpc) is 3.27. The minimum absolute atomic E-state index is 0.0943. The van der Waals surface area contributed by atoms with Crippen molar-refractivity contribution in [2.24, 2.45) is 0 Å². The van der Waals surface area contributed by atoms with E-state index in [9.17, 15) is 14.4 Å². The van der Waals surface area contributed by atoms with Crippen molar-refractivity contribution in [3.05, 3.63) is 82.0 Å². The second-order valence-electron chi connectivity index (χ2n) is 6.84. The summed E-state index contributed by atoms with van der Waals surface area (Å²) in [6, 6.07) is 17.8. The summed E-state index contributed by atoms with van der Waals surface area (Å²) in [5.74, 6) is -0.712. The number of carbonyl (C=O) groups is 3. The monoisotopic (exact) mass is 436 g/mol. The van der Waals surface area contributed by atoms with Gasteiger partial charge in [-0.1, -0.05) is 30.3 Å². The van der Waals surface area contributed by atoms with Gasteiger partial charge in [0.2, 0.25) is 5.91 Å². The van der Waals surface area contributed by atoms with Crippen LogP contribution in [0.1, 0.15) is 20.8 Å². The van der Waals surface area contributed by atoms with Gasteiger partial charge < -0.3 is 16.0 Å². The van der Waals surface area contributed by atoms with E-state index in [1.165, 1.54) is 4.88 Å². The fraction of sp³-hybridized carbons (Fsp3) is 0.174. The van der Waals surface area contributed by atoms with Gasteiger partial charge in [-0.05, 0) is 54.6 Å². The predicted octanol–water partition coefficient (Wildman–Crippen LogP) is 3.79. The topological polar surface area (TPSA) is 99.3 Å². The van der Waals surface area contributed by atoms with E-state index >= 15 is 0 Å². The summed E-state index contributed by atoms with van der Waals surface area (Å²) in [4.78, 5) is 37.6. The van der Waals surface area contributed by atoms with Crippen LogP contribution in [-0.2, 0) is 11.2 Å². The summed E-state index contributed by atoms with van der Waals surface area (Å²) in [6.45, 7) is 2.23. The number of amides is 4. The van der Waals surface area contributed by atoms with Gasteiger partial charge in [0.05, 0.1) is 6.54 Å². The Morgan fingerprint density at radius 1 is 0.968 bits per heavy atom. The SMILES string of the molecule is Cc1ccc(C(=O)Nc2ccccc2)cc1NCC(=O)NC(=O)NCCc1cccs1. The molecule has 0 fully saturated rings. The Hall–Kier alpha value is -3.65. The molecule has 0 aliphatic rings. The number of hydrogen-bond acceptors (Lipinski definition) is 5. The Kier molecular flexibility index (Phi) is 7.78. The van der Waals surface area contributed by atoms with E-state index in [0.717, 1.165) is 5.56 Å². The Morgan fingerprint density at radius 2 is 1.77 bits per heavy atom. The van der Waals surface area contributed by atoms with Crippen LogP contribution in [0.5, 0.6) is 0 Å². The number of para-hydroxylation sites is 1. The predicted molar refractivity (Wildman–Crippen MR) is 124 cm³/mol. The van der Waals surface area contributed by atoms with Crippen molar-refractivity contribution in [3.8, 4) is 0 Å². The van der Waals surface area contributed by atoms with E-state index in [4.69, 9.17) is 0 Å². The number of nitrogens with one attached hydrogen (secondary N) is 4. The van der Waals surface area contributed by atoms with Crippen LogP contribution >= 0.6 is 11.3 Å². The first-order valence-corrected chi connectivity index (χ1v) is 10.7. The highest BCUT2D eigenvalue weighted by atomic mass is 32.1. The molecule has 160 valence electrons. The molecule has 0 radical (unpaired) electrons. The maximum atomic E-state index is 12.5. The molecule has 4 amide bonds. The molecule has 8 heteroatoms. The highest BCUT2D eigenvalue weighted by Gasteiger charge is 2.11. The van der Waals surface area contributed by atoms with Crippen LogP contribution in [0, 0.1) is 6.92 Å².